The average molecular weight is 482 g/mol. The number of Topliss-reactive ketones (excluding diaryl/α,β-unsaturated/α-hetero) is 1. The number of nitrogens with zero attached hydrogens (tertiary/aromatic N) is 4. The molecule has 0 radical (unpaired) electrons. The van der Waals surface area contributed by atoms with Gasteiger partial charge >= 0.3 is 6.18 Å². The summed E-state index contributed by atoms with van der Waals surface area (Å²) in [7, 11) is 0. The monoisotopic (exact) mass is 482 g/mol. The molecular formula is C25H21F3N4O3. The predicted molar refractivity (Wildman–Crippen MR) is 121 cm³/mol. The number of aromatic nitrogens is 3. The summed E-state index contributed by atoms with van der Waals surface area (Å²) in [6, 6.07) is 10.4. The number of anilines is 1. The molecule has 3 heterocycles. The molecule has 2 aromatic heterocycles. The predicted octanol–water partition coefficient (Wildman–Crippen LogP) is 5.11. The van der Waals surface area contributed by atoms with Gasteiger partial charge in [-0.05, 0) is 42.2 Å². The Hall–Kier alpha value is -4.08. The van der Waals surface area contributed by atoms with Gasteiger partial charge in [-0.25, -0.2) is 0 Å². The van der Waals surface area contributed by atoms with Gasteiger partial charge in [-0.1, -0.05) is 44.2 Å². The quantitative estimate of drug-likeness (QED) is 0.508. The van der Waals surface area contributed by atoms with Gasteiger partial charge in [-0.15, -0.1) is 5.10 Å². The molecule has 0 spiro atoms. The Morgan fingerprint density at radius 2 is 1.71 bits per heavy atom. The zero-order valence-corrected chi connectivity index (χ0v) is 19.0. The molecule has 4 rings (SSSR count). The van der Waals surface area contributed by atoms with Gasteiger partial charge in [-0.3, -0.25) is 19.5 Å². The van der Waals surface area contributed by atoms with E-state index in [-0.39, 0.29) is 28.4 Å². The lowest BCUT2D eigenvalue weighted by molar-refractivity contribution is -0.141. The van der Waals surface area contributed by atoms with Crippen molar-refractivity contribution in [1.82, 2.24) is 15.2 Å². The summed E-state index contributed by atoms with van der Waals surface area (Å²) in [5.74, 6) is -2.12. The van der Waals surface area contributed by atoms with Crippen molar-refractivity contribution in [3.63, 3.8) is 0 Å². The Morgan fingerprint density at radius 1 is 1.03 bits per heavy atom. The van der Waals surface area contributed by atoms with Crippen LogP contribution in [0.25, 0.3) is 0 Å². The number of alkyl halides is 3. The van der Waals surface area contributed by atoms with Crippen LogP contribution in [0.2, 0.25) is 0 Å². The summed E-state index contributed by atoms with van der Waals surface area (Å²) >= 11 is 0. The Balaban J connectivity index is 1.83. The zero-order chi connectivity index (χ0) is 25.5. The molecule has 0 fully saturated rings. The number of hydrogen-bond donors (Lipinski definition) is 1. The van der Waals surface area contributed by atoms with E-state index < -0.39 is 35.4 Å². The van der Waals surface area contributed by atoms with Crippen LogP contribution in [-0.4, -0.2) is 32.0 Å². The summed E-state index contributed by atoms with van der Waals surface area (Å²) < 4.78 is 39.2. The Labute approximate surface area is 199 Å². The van der Waals surface area contributed by atoms with Crippen molar-refractivity contribution in [1.29, 1.82) is 0 Å². The number of carbonyl (C=O) groups excluding carboxylic acids is 2. The molecule has 7 nitrogen and oxygen atoms in total. The number of aryl methyl sites for hydroxylation is 1. The zero-order valence-electron chi connectivity index (χ0n) is 19.0. The van der Waals surface area contributed by atoms with E-state index in [1.165, 1.54) is 6.07 Å². The molecule has 1 aliphatic heterocycles. The van der Waals surface area contributed by atoms with Gasteiger partial charge in [0.25, 0.3) is 5.91 Å². The first kappa shape index (κ1) is 24.1. The molecule has 3 aromatic rings. The van der Waals surface area contributed by atoms with Gasteiger partial charge in [0, 0.05) is 11.8 Å². The maximum atomic E-state index is 13.5. The minimum absolute atomic E-state index is 0.0232. The maximum Gasteiger partial charge on any atom is 0.433 e. The molecular weight excluding hydrogens is 461 g/mol. The number of aliphatic hydroxyl groups excluding tert-OH is 1. The van der Waals surface area contributed by atoms with E-state index in [9.17, 15) is 27.9 Å². The summed E-state index contributed by atoms with van der Waals surface area (Å²) in [5.41, 5.74) is 0.452. The smallest absolute Gasteiger partial charge is 0.433 e. The fraction of sp³-hybridized carbons (Fsp3) is 0.240. The van der Waals surface area contributed by atoms with Crippen LogP contribution in [0.15, 0.2) is 66.1 Å². The Morgan fingerprint density at radius 3 is 2.23 bits per heavy atom. The highest BCUT2D eigenvalue weighted by atomic mass is 19.4. The van der Waals surface area contributed by atoms with Crippen molar-refractivity contribution >= 4 is 17.5 Å². The van der Waals surface area contributed by atoms with Crippen molar-refractivity contribution in [3.05, 3.63) is 94.1 Å². The molecule has 1 N–H and O–H groups in total. The fourth-order valence-corrected chi connectivity index (χ4v) is 3.82. The summed E-state index contributed by atoms with van der Waals surface area (Å²) in [4.78, 5) is 31.1. The highest BCUT2D eigenvalue weighted by molar-refractivity contribution is 6.20. The number of benzene rings is 1. The molecule has 1 unspecified atom stereocenters. The summed E-state index contributed by atoms with van der Waals surface area (Å²) in [5, 5.41) is 18.7. The largest absolute Gasteiger partial charge is 0.503 e. The lowest BCUT2D eigenvalue weighted by atomic mass is 9.92. The Bertz CT molecular complexity index is 1300. The van der Waals surface area contributed by atoms with Crippen LogP contribution in [0, 0.1) is 6.92 Å². The van der Waals surface area contributed by atoms with Crippen LogP contribution in [0.5, 0.6) is 0 Å². The normalized spacial score (nSPS) is 16.4. The van der Waals surface area contributed by atoms with E-state index in [0.717, 1.165) is 28.8 Å². The SMILES string of the molecule is Cc1ccc(N2C(=O)C(O)=C(C(=O)c3ccc(C(C)C)cc3)C2c2ccc(C(F)(F)F)nc2)nn1. The fourth-order valence-electron chi connectivity index (χ4n) is 3.82. The van der Waals surface area contributed by atoms with E-state index in [0.29, 0.717) is 5.69 Å². The van der Waals surface area contributed by atoms with E-state index in [2.05, 4.69) is 15.2 Å². The highest BCUT2D eigenvalue weighted by Gasteiger charge is 2.46. The number of aliphatic hydroxyl groups is 1. The first-order valence-electron chi connectivity index (χ1n) is 10.7. The minimum atomic E-state index is -4.67. The minimum Gasteiger partial charge on any atom is -0.503 e. The van der Waals surface area contributed by atoms with Crippen molar-refractivity contribution < 1.29 is 27.9 Å². The first-order valence-corrected chi connectivity index (χ1v) is 10.7. The average Bonchev–Trinajstić information content (AvgIpc) is 3.09. The molecule has 0 bridgehead atoms. The van der Waals surface area contributed by atoms with Crippen LogP contribution in [0.4, 0.5) is 19.0 Å². The molecule has 0 saturated heterocycles. The third-order valence-corrected chi connectivity index (χ3v) is 5.72. The number of halogens is 3. The van der Waals surface area contributed by atoms with E-state index in [1.54, 1.807) is 37.3 Å². The van der Waals surface area contributed by atoms with Gasteiger partial charge in [0.15, 0.2) is 17.4 Å². The van der Waals surface area contributed by atoms with Gasteiger partial charge in [-0.2, -0.15) is 18.3 Å². The lowest BCUT2D eigenvalue weighted by Crippen LogP contribution is -2.32. The topological polar surface area (TPSA) is 96.3 Å². The third kappa shape index (κ3) is 4.51. The second-order valence-corrected chi connectivity index (χ2v) is 8.45. The van der Waals surface area contributed by atoms with Crippen molar-refractivity contribution in [2.24, 2.45) is 0 Å². The number of carbonyl (C=O) groups is 2. The lowest BCUT2D eigenvalue weighted by Gasteiger charge is -2.25. The molecule has 35 heavy (non-hydrogen) atoms. The number of hydrogen-bond acceptors (Lipinski definition) is 6. The molecule has 0 saturated carbocycles. The van der Waals surface area contributed by atoms with Crippen LogP contribution < -0.4 is 4.90 Å². The molecule has 1 amide bonds. The van der Waals surface area contributed by atoms with Crippen LogP contribution in [0.1, 0.15) is 58.7 Å². The second-order valence-electron chi connectivity index (χ2n) is 8.45. The van der Waals surface area contributed by atoms with Crippen LogP contribution >= 0.6 is 0 Å². The summed E-state index contributed by atoms with van der Waals surface area (Å²) in [6.45, 7) is 5.68. The van der Waals surface area contributed by atoms with Gasteiger partial charge < -0.3 is 5.11 Å². The molecule has 1 aliphatic rings. The molecule has 10 heteroatoms. The molecule has 0 aliphatic carbocycles. The maximum absolute atomic E-state index is 13.5. The second kappa shape index (κ2) is 8.94. The van der Waals surface area contributed by atoms with Crippen molar-refractivity contribution in [2.75, 3.05) is 4.90 Å². The third-order valence-electron chi connectivity index (χ3n) is 5.72. The molecule has 1 atom stereocenters. The van der Waals surface area contributed by atoms with Gasteiger partial charge in [0.05, 0.1) is 17.3 Å². The van der Waals surface area contributed by atoms with Crippen LogP contribution in [0.3, 0.4) is 0 Å². The van der Waals surface area contributed by atoms with E-state index >= 15 is 0 Å². The number of ketones is 1. The van der Waals surface area contributed by atoms with Crippen LogP contribution in [-0.2, 0) is 11.0 Å². The highest BCUT2D eigenvalue weighted by Crippen LogP contribution is 2.41. The first-order chi connectivity index (χ1) is 16.5. The summed E-state index contributed by atoms with van der Waals surface area (Å²) in [6.07, 6.45) is -3.73. The number of pyridine rings is 1. The van der Waals surface area contributed by atoms with E-state index in [1.807, 2.05) is 13.8 Å². The molecule has 180 valence electrons. The molecule has 1 aromatic carbocycles. The number of rotatable bonds is 5. The van der Waals surface area contributed by atoms with Crippen molar-refractivity contribution in [2.45, 2.75) is 38.9 Å². The van der Waals surface area contributed by atoms with E-state index in [4.69, 9.17) is 0 Å². The van der Waals surface area contributed by atoms with Crippen molar-refractivity contribution in [3.8, 4) is 0 Å². The Kier molecular flexibility index (Phi) is 6.14. The van der Waals surface area contributed by atoms with Gasteiger partial charge in [0.2, 0.25) is 0 Å². The van der Waals surface area contributed by atoms with Gasteiger partial charge in [0.1, 0.15) is 5.69 Å². The standard InChI is InChI=1S/C25H21F3N4O3/c1-13(2)15-5-7-16(8-6-15)22(33)20-21(17-9-10-18(29-12-17)25(26,27)28)32(24(35)23(20)34)19-11-4-14(3)30-31-19/h4-13,21,34H,1-3H3. The number of amides is 1.